The third-order valence-corrected chi connectivity index (χ3v) is 2.98. The maximum absolute atomic E-state index is 6.11. The lowest BCUT2D eigenvalue weighted by molar-refractivity contribution is 0.116. The molecular formula is C15H25NO2. The number of methoxy groups -OCH3 is 1. The molecule has 102 valence electrons. The molecule has 0 aliphatic carbocycles. The highest BCUT2D eigenvalue weighted by atomic mass is 16.5. The molecule has 0 heterocycles. The smallest absolute Gasteiger partial charge is 0.123 e. The van der Waals surface area contributed by atoms with Crippen molar-refractivity contribution in [3.63, 3.8) is 0 Å². The van der Waals surface area contributed by atoms with Crippen LogP contribution in [0.25, 0.3) is 0 Å². The first kappa shape index (κ1) is 15.0. The van der Waals surface area contributed by atoms with Crippen molar-refractivity contribution in [1.29, 1.82) is 0 Å². The Kier molecular flexibility index (Phi) is 7.46. The van der Waals surface area contributed by atoms with Gasteiger partial charge in [-0.2, -0.15) is 0 Å². The molecule has 3 heteroatoms. The molecule has 2 N–H and O–H groups in total. The molecule has 0 bridgehead atoms. The Morgan fingerprint density at radius 3 is 2.67 bits per heavy atom. The summed E-state index contributed by atoms with van der Waals surface area (Å²) in [5, 5.41) is 0. The number of rotatable bonds is 9. The molecule has 0 aromatic heterocycles. The Hall–Kier alpha value is -1.06. The molecule has 3 nitrogen and oxygen atoms in total. The SMILES string of the molecule is CCCCCCOCC(N)c1ccccc1OC. The van der Waals surface area contributed by atoms with Crippen LogP contribution in [0.2, 0.25) is 0 Å². The van der Waals surface area contributed by atoms with E-state index in [-0.39, 0.29) is 6.04 Å². The van der Waals surface area contributed by atoms with Crippen LogP contribution in [0.1, 0.15) is 44.2 Å². The van der Waals surface area contributed by atoms with Crippen LogP contribution in [0, 0.1) is 0 Å². The summed E-state index contributed by atoms with van der Waals surface area (Å²) >= 11 is 0. The van der Waals surface area contributed by atoms with Crippen LogP contribution in [-0.4, -0.2) is 20.3 Å². The summed E-state index contributed by atoms with van der Waals surface area (Å²) < 4.78 is 10.9. The first-order valence-electron chi connectivity index (χ1n) is 6.75. The lowest BCUT2D eigenvalue weighted by Crippen LogP contribution is -2.18. The fourth-order valence-corrected chi connectivity index (χ4v) is 1.90. The Bertz CT molecular complexity index is 328. The molecule has 0 fully saturated rings. The molecule has 0 saturated heterocycles. The van der Waals surface area contributed by atoms with Gasteiger partial charge in [0.05, 0.1) is 19.8 Å². The van der Waals surface area contributed by atoms with Gasteiger partial charge in [0.1, 0.15) is 5.75 Å². The first-order valence-corrected chi connectivity index (χ1v) is 6.75. The zero-order valence-electron chi connectivity index (χ0n) is 11.5. The van der Waals surface area contributed by atoms with Gasteiger partial charge in [-0.05, 0) is 12.5 Å². The largest absolute Gasteiger partial charge is 0.496 e. The van der Waals surface area contributed by atoms with E-state index < -0.39 is 0 Å². The number of benzene rings is 1. The van der Waals surface area contributed by atoms with E-state index in [0.29, 0.717) is 6.61 Å². The average molecular weight is 251 g/mol. The molecule has 1 aromatic carbocycles. The fraction of sp³-hybridized carbons (Fsp3) is 0.600. The average Bonchev–Trinajstić information content (AvgIpc) is 2.42. The number of para-hydroxylation sites is 1. The van der Waals surface area contributed by atoms with Gasteiger partial charge in [-0.1, -0.05) is 44.4 Å². The highest BCUT2D eigenvalue weighted by Gasteiger charge is 2.10. The Morgan fingerprint density at radius 1 is 1.17 bits per heavy atom. The Balaban J connectivity index is 2.29. The molecule has 1 aromatic rings. The van der Waals surface area contributed by atoms with E-state index in [1.165, 1.54) is 19.3 Å². The van der Waals surface area contributed by atoms with Crippen molar-refractivity contribution in [3.05, 3.63) is 29.8 Å². The second kappa shape index (κ2) is 8.95. The van der Waals surface area contributed by atoms with Crippen molar-refractivity contribution in [2.75, 3.05) is 20.3 Å². The van der Waals surface area contributed by atoms with E-state index in [4.69, 9.17) is 15.2 Å². The van der Waals surface area contributed by atoms with Gasteiger partial charge in [0.2, 0.25) is 0 Å². The molecule has 0 radical (unpaired) electrons. The summed E-state index contributed by atoms with van der Waals surface area (Å²) in [5.74, 6) is 0.833. The zero-order chi connectivity index (χ0) is 13.2. The predicted molar refractivity (Wildman–Crippen MR) is 74.9 cm³/mol. The summed E-state index contributed by atoms with van der Waals surface area (Å²) in [5.41, 5.74) is 7.12. The Labute approximate surface area is 110 Å². The fourth-order valence-electron chi connectivity index (χ4n) is 1.90. The Morgan fingerprint density at radius 2 is 1.94 bits per heavy atom. The molecule has 0 aliphatic rings. The number of unbranched alkanes of at least 4 members (excludes halogenated alkanes) is 3. The van der Waals surface area contributed by atoms with Crippen LogP contribution < -0.4 is 10.5 Å². The minimum Gasteiger partial charge on any atom is -0.496 e. The second-order valence-corrected chi connectivity index (χ2v) is 4.48. The number of ether oxygens (including phenoxy) is 2. The lowest BCUT2D eigenvalue weighted by atomic mass is 10.1. The first-order chi connectivity index (χ1) is 8.79. The monoisotopic (exact) mass is 251 g/mol. The van der Waals surface area contributed by atoms with Gasteiger partial charge in [-0.25, -0.2) is 0 Å². The van der Waals surface area contributed by atoms with Gasteiger partial charge in [-0.3, -0.25) is 0 Å². The van der Waals surface area contributed by atoms with Gasteiger partial charge in [0, 0.05) is 12.2 Å². The molecular weight excluding hydrogens is 226 g/mol. The highest BCUT2D eigenvalue weighted by molar-refractivity contribution is 5.35. The van der Waals surface area contributed by atoms with E-state index in [1.54, 1.807) is 7.11 Å². The van der Waals surface area contributed by atoms with Crippen molar-refractivity contribution in [2.24, 2.45) is 5.73 Å². The molecule has 1 unspecified atom stereocenters. The van der Waals surface area contributed by atoms with Crippen LogP contribution in [0.4, 0.5) is 0 Å². The van der Waals surface area contributed by atoms with Crippen LogP contribution >= 0.6 is 0 Å². The van der Waals surface area contributed by atoms with Crippen LogP contribution in [0.5, 0.6) is 5.75 Å². The highest BCUT2D eigenvalue weighted by Crippen LogP contribution is 2.23. The van der Waals surface area contributed by atoms with Gasteiger partial charge >= 0.3 is 0 Å². The number of hydrogen-bond acceptors (Lipinski definition) is 3. The molecule has 1 rings (SSSR count). The van der Waals surface area contributed by atoms with Crippen molar-refractivity contribution in [3.8, 4) is 5.75 Å². The molecule has 0 saturated carbocycles. The summed E-state index contributed by atoms with van der Waals surface area (Å²) in [7, 11) is 1.66. The van der Waals surface area contributed by atoms with Crippen molar-refractivity contribution in [2.45, 2.75) is 38.6 Å². The van der Waals surface area contributed by atoms with E-state index >= 15 is 0 Å². The molecule has 1 atom stereocenters. The van der Waals surface area contributed by atoms with E-state index in [2.05, 4.69) is 6.92 Å². The topological polar surface area (TPSA) is 44.5 Å². The van der Waals surface area contributed by atoms with Crippen molar-refractivity contribution < 1.29 is 9.47 Å². The normalized spacial score (nSPS) is 12.4. The summed E-state index contributed by atoms with van der Waals surface area (Å²) in [4.78, 5) is 0. The van der Waals surface area contributed by atoms with Gasteiger partial charge in [-0.15, -0.1) is 0 Å². The number of nitrogens with two attached hydrogens (primary N) is 1. The third-order valence-electron chi connectivity index (χ3n) is 2.98. The summed E-state index contributed by atoms with van der Waals surface area (Å²) in [6.45, 7) is 3.55. The van der Waals surface area contributed by atoms with Crippen LogP contribution in [0.3, 0.4) is 0 Å². The third kappa shape index (κ3) is 5.07. The maximum Gasteiger partial charge on any atom is 0.123 e. The summed E-state index contributed by atoms with van der Waals surface area (Å²) in [6.07, 6.45) is 4.88. The van der Waals surface area contributed by atoms with Crippen molar-refractivity contribution in [1.82, 2.24) is 0 Å². The number of hydrogen-bond donors (Lipinski definition) is 1. The molecule has 0 amide bonds. The van der Waals surface area contributed by atoms with Crippen LogP contribution in [0.15, 0.2) is 24.3 Å². The van der Waals surface area contributed by atoms with Gasteiger partial charge in [0.25, 0.3) is 0 Å². The minimum atomic E-state index is -0.118. The van der Waals surface area contributed by atoms with E-state index in [0.717, 1.165) is 24.3 Å². The van der Waals surface area contributed by atoms with E-state index in [9.17, 15) is 0 Å². The second-order valence-electron chi connectivity index (χ2n) is 4.48. The van der Waals surface area contributed by atoms with E-state index in [1.807, 2.05) is 24.3 Å². The predicted octanol–water partition coefficient (Wildman–Crippen LogP) is 3.29. The summed E-state index contributed by atoms with van der Waals surface area (Å²) in [6, 6.07) is 7.72. The lowest BCUT2D eigenvalue weighted by Gasteiger charge is -2.15. The molecule has 18 heavy (non-hydrogen) atoms. The van der Waals surface area contributed by atoms with Crippen LogP contribution in [-0.2, 0) is 4.74 Å². The van der Waals surface area contributed by atoms with Crippen molar-refractivity contribution >= 4 is 0 Å². The quantitative estimate of drug-likeness (QED) is 0.685. The standard InChI is InChI=1S/C15H25NO2/c1-3-4-5-8-11-18-12-14(16)13-9-6-7-10-15(13)17-2/h6-7,9-10,14H,3-5,8,11-12,16H2,1-2H3. The minimum absolute atomic E-state index is 0.118. The molecule has 0 aliphatic heterocycles. The van der Waals surface area contributed by atoms with Gasteiger partial charge in [0.15, 0.2) is 0 Å². The van der Waals surface area contributed by atoms with Gasteiger partial charge < -0.3 is 15.2 Å². The molecule has 0 spiro atoms. The maximum atomic E-state index is 6.11. The zero-order valence-corrected chi connectivity index (χ0v) is 11.5.